The maximum Gasteiger partial charge on any atom is 0.338 e. The third-order valence-electron chi connectivity index (χ3n) is 3.37. The summed E-state index contributed by atoms with van der Waals surface area (Å²) in [7, 11) is 1.61. The van der Waals surface area contributed by atoms with Gasteiger partial charge in [-0.3, -0.25) is 0 Å². The van der Waals surface area contributed by atoms with Gasteiger partial charge < -0.3 is 10.0 Å². The van der Waals surface area contributed by atoms with Crippen LogP contribution in [0.15, 0.2) is 30.3 Å². The number of carboxylic acids is 1. The van der Waals surface area contributed by atoms with Crippen molar-refractivity contribution in [1.82, 2.24) is 0 Å². The monoisotopic (exact) mass is 291 g/mol. The highest BCUT2D eigenvalue weighted by atomic mass is 19.2. The first-order chi connectivity index (χ1) is 9.82. The fourth-order valence-corrected chi connectivity index (χ4v) is 2.27. The van der Waals surface area contributed by atoms with E-state index in [1.165, 1.54) is 11.0 Å². The van der Waals surface area contributed by atoms with Gasteiger partial charge in [-0.05, 0) is 37.6 Å². The fraction of sp³-hybridized carbons (Fsp3) is 0.188. The maximum absolute atomic E-state index is 14.1. The molecule has 2 aromatic rings. The molecule has 0 aliphatic rings. The van der Waals surface area contributed by atoms with E-state index in [-0.39, 0.29) is 5.69 Å². The summed E-state index contributed by atoms with van der Waals surface area (Å²) in [6, 6.07) is 7.95. The molecule has 1 N–H and O–H groups in total. The largest absolute Gasteiger partial charge is 0.478 e. The summed E-state index contributed by atoms with van der Waals surface area (Å²) in [4.78, 5) is 12.3. The Labute approximate surface area is 121 Å². The lowest BCUT2D eigenvalue weighted by Gasteiger charge is -2.23. The number of aromatic carboxylic acids is 1. The molecule has 0 heterocycles. The van der Waals surface area contributed by atoms with Crippen LogP contribution in [-0.4, -0.2) is 18.1 Å². The molecule has 3 nitrogen and oxygen atoms in total. The summed E-state index contributed by atoms with van der Waals surface area (Å²) < 4.78 is 27.9. The van der Waals surface area contributed by atoms with E-state index < -0.39 is 23.2 Å². The average molecular weight is 291 g/mol. The molecule has 0 bridgehead atoms. The molecular formula is C16H15F2NO2. The number of anilines is 2. The molecular weight excluding hydrogens is 276 g/mol. The van der Waals surface area contributed by atoms with Gasteiger partial charge in [-0.15, -0.1) is 0 Å². The Morgan fingerprint density at radius 3 is 2.24 bits per heavy atom. The molecule has 0 aliphatic heterocycles. The lowest BCUT2D eigenvalue weighted by Crippen LogP contribution is -2.15. The molecule has 0 fully saturated rings. The van der Waals surface area contributed by atoms with E-state index in [0.29, 0.717) is 0 Å². The van der Waals surface area contributed by atoms with Gasteiger partial charge in [0.05, 0.1) is 11.3 Å². The minimum Gasteiger partial charge on any atom is -0.478 e. The van der Waals surface area contributed by atoms with Crippen LogP contribution in [0.2, 0.25) is 0 Å². The van der Waals surface area contributed by atoms with Crippen LogP contribution in [0.1, 0.15) is 21.5 Å². The van der Waals surface area contributed by atoms with Gasteiger partial charge in [-0.1, -0.05) is 17.7 Å². The van der Waals surface area contributed by atoms with Crippen LogP contribution in [0.3, 0.4) is 0 Å². The van der Waals surface area contributed by atoms with E-state index >= 15 is 0 Å². The van der Waals surface area contributed by atoms with Gasteiger partial charge in [-0.2, -0.15) is 0 Å². The second kappa shape index (κ2) is 5.52. The van der Waals surface area contributed by atoms with Crippen molar-refractivity contribution in [3.63, 3.8) is 0 Å². The quantitative estimate of drug-likeness (QED) is 0.927. The average Bonchev–Trinajstić information content (AvgIpc) is 2.40. The Morgan fingerprint density at radius 2 is 1.67 bits per heavy atom. The smallest absolute Gasteiger partial charge is 0.338 e. The first kappa shape index (κ1) is 15.0. The Kier molecular flexibility index (Phi) is 3.93. The fourth-order valence-electron chi connectivity index (χ4n) is 2.27. The van der Waals surface area contributed by atoms with E-state index in [4.69, 9.17) is 5.11 Å². The Bertz CT molecular complexity index is 714. The summed E-state index contributed by atoms with van der Waals surface area (Å²) in [5.74, 6) is -4.01. The van der Waals surface area contributed by atoms with Crippen LogP contribution in [0, 0.1) is 25.5 Å². The van der Waals surface area contributed by atoms with Crippen LogP contribution in [-0.2, 0) is 0 Å². The van der Waals surface area contributed by atoms with Crippen molar-refractivity contribution in [2.45, 2.75) is 13.8 Å². The summed E-state index contributed by atoms with van der Waals surface area (Å²) in [5.41, 5.74) is 2.02. The molecule has 2 aromatic carbocycles. The van der Waals surface area contributed by atoms with Crippen molar-refractivity contribution in [1.29, 1.82) is 0 Å². The van der Waals surface area contributed by atoms with E-state index in [0.717, 1.165) is 22.9 Å². The Balaban J connectivity index is 2.51. The van der Waals surface area contributed by atoms with Crippen LogP contribution < -0.4 is 4.90 Å². The highest BCUT2D eigenvalue weighted by Gasteiger charge is 2.21. The van der Waals surface area contributed by atoms with Gasteiger partial charge in [0.25, 0.3) is 0 Å². The zero-order valence-corrected chi connectivity index (χ0v) is 11.9. The maximum atomic E-state index is 14.1. The number of aryl methyl sites for hydroxylation is 2. The molecule has 0 atom stereocenters. The van der Waals surface area contributed by atoms with Crippen molar-refractivity contribution in [2.75, 3.05) is 11.9 Å². The third-order valence-corrected chi connectivity index (χ3v) is 3.37. The number of rotatable bonds is 3. The number of hydrogen-bond acceptors (Lipinski definition) is 2. The minimum atomic E-state index is -1.49. The molecule has 0 spiro atoms. The third kappa shape index (κ3) is 2.72. The highest BCUT2D eigenvalue weighted by Crippen LogP contribution is 2.31. The van der Waals surface area contributed by atoms with E-state index in [1.807, 2.05) is 32.0 Å². The van der Waals surface area contributed by atoms with E-state index in [2.05, 4.69) is 0 Å². The molecule has 21 heavy (non-hydrogen) atoms. The van der Waals surface area contributed by atoms with Gasteiger partial charge in [0.2, 0.25) is 0 Å². The van der Waals surface area contributed by atoms with Gasteiger partial charge in [0, 0.05) is 12.7 Å². The lowest BCUT2D eigenvalue weighted by atomic mass is 10.1. The van der Waals surface area contributed by atoms with Crippen LogP contribution >= 0.6 is 0 Å². The second-order valence-electron chi connectivity index (χ2n) is 4.91. The molecule has 0 saturated heterocycles. The number of benzene rings is 2. The van der Waals surface area contributed by atoms with Gasteiger partial charge >= 0.3 is 5.97 Å². The number of halogens is 2. The number of hydrogen-bond donors (Lipinski definition) is 1. The molecule has 0 saturated carbocycles. The van der Waals surface area contributed by atoms with E-state index in [1.54, 1.807) is 7.05 Å². The summed E-state index contributed by atoms with van der Waals surface area (Å²) in [6.07, 6.45) is 0. The number of carboxylic acid groups (broad SMARTS) is 1. The van der Waals surface area contributed by atoms with Crippen molar-refractivity contribution in [3.05, 3.63) is 58.7 Å². The second-order valence-corrected chi connectivity index (χ2v) is 4.91. The van der Waals surface area contributed by atoms with Crippen molar-refractivity contribution >= 4 is 17.3 Å². The predicted octanol–water partition coefficient (Wildman–Crippen LogP) is 4.05. The molecule has 110 valence electrons. The van der Waals surface area contributed by atoms with Crippen LogP contribution in [0.5, 0.6) is 0 Å². The van der Waals surface area contributed by atoms with Crippen molar-refractivity contribution < 1.29 is 18.7 Å². The predicted molar refractivity (Wildman–Crippen MR) is 77.3 cm³/mol. The molecule has 0 unspecified atom stereocenters. The molecule has 0 amide bonds. The van der Waals surface area contributed by atoms with Gasteiger partial charge in [0.15, 0.2) is 11.6 Å². The summed E-state index contributed by atoms with van der Waals surface area (Å²) in [5, 5.41) is 8.79. The molecule has 0 aromatic heterocycles. The van der Waals surface area contributed by atoms with E-state index in [9.17, 15) is 13.6 Å². The molecule has 0 aliphatic carbocycles. The Morgan fingerprint density at radius 1 is 1.05 bits per heavy atom. The SMILES string of the molecule is Cc1ccc(N(C)c2ccc(C(=O)O)c(F)c2F)c(C)c1. The minimum absolute atomic E-state index is 0.00977. The zero-order chi connectivity index (χ0) is 15.7. The zero-order valence-electron chi connectivity index (χ0n) is 11.9. The molecule has 5 heteroatoms. The lowest BCUT2D eigenvalue weighted by molar-refractivity contribution is 0.0690. The van der Waals surface area contributed by atoms with Gasteiger partial charge in [0.1, 0.15) is 0 Å². The van der Waals surface area contributed by atoms with Crippen molar-refractivity contribution in [3.8, 4) is 0 Å². The topological polar surface area (TPSA) is 40.5 Å². The first-order valence-corrected chi connectivity index (χ1v) is 6.35. The first-order valence-electron chi connectivity index (χ1n) is 6.35. The van der Waals surface area contributed by atoms with Crippen molar-refractivity contribution in [2.24, 2.45) is 0 Å². The number of carbonyl (C=O) groups is 1. The van der Waals surface area contributed by atoms with Crippen LogP contribution in [0.4, 0.5) is 20.2 Å². The molecule has 2 rings (SSSR count). The van der Waals surface area contributed by atoms with Gasteiger partial charge in [-0.25, -0.2) is 13.6 Å². The Hall–Kier alpha value is -2.43. The molecule has 0 radical (unpaired) electrons. The standard InChI is InChI=1S/C16H15F2NO2/c1-9-4-6-12(10(2)8-9)19(3)13-7-5-11(16(20)21)14(17)15(13)18/h4-8H,1-3H3,(H,20,21). The highest BCUT2D eigenvalue weighted by molar-refractivity contribution is 5.88. The van der Waals surface area contributed by atoms with Crippen LogP contribution in [0.25, 0.3) is 0 Å². The normalized spacial score (nSPS) is 10.5. The number of nitrogens with zero attached hydrogens (tertiary/aromatic N) is 1. The summed E-state index contributed by atoms with van der Waals surface area (Å²) in [6.45, 7) is 3.82. The summed E-state index contributed by atoms with van der Waals surface area (Å²) >= 11 is 0.